The molecule has 12 heteroatoms. The molecule has 5 aromatic rings. The molecule has 0 radical (unpaired) electrons. The third-order valence-corrected chi connectivity index (χ3v) is 6.99. The van der Waals surface area contributed by atoms with E-state index in [9.17, 15) is 14.0 Å². The van der Waals surface area contributed by atoms with Crippen LogP contribution in [0.2, 0.25) is 5.02 Å². The number of halogens is 2. The maximum Gasteiger partial charge on any atom is 0.365 e. The number of carbonyl (C=O) groups excluding carboxylic acids is 1. The average Bonchev–Trinajstić information content (AvgIpc) is 3.46. The van der Waals surface area contributed by atoms with Crippen molar-refractivity contribution in [3.05, 3.63) is 121 Å². The van der Waals surface area contributed by atoms with E-state index in [0.29, 0.717) is 27.8 Å². The summed E-state index contributed by atoms with van der Waals surface area (Å²) in [5, 5.41) is 10.9. The van der Waals surface area contributed by atoms with Gasteiger partial charge in [0.05, 0.1) is 11.4 Å². The van der Waals surface area contributed by atoms with Crippen molar-refractivity contribution in [1.29, 1.82) is 0 Å². The van der Waals surface area contributed by atoms with Gasteiger partial charge in [0, 0.05) is 16.8 Å². The molecule has 0 bridgehead atoms. The van der Waals surface area contributed by atoms with Gasteiger partial charge in [-0.15, -0.1) is 16.4 Å². The largest absolute Gasteiger partial charge is 0.365 e. The lowest BCUT2D eigenvalue weighted by molar-refractivity contribution is -0.122. The standard InChI is InChI=1S/C27H23ClFN7O2S/c1-17-5-7-18(8-6-17)13-24-33-34(27(38)36(24)30)15-25(37)31-32-26-35(22-4-2-3-21(29)14-22)23(16-39-26)19-9-11-20(28)12-10-19/h2-12,14,16H,13,15,30H2,1H3,(H,31,37)/b32-26+. The molecule has 3 N–H and O–H groups in total. The molecule has 0 saturated heterocycles. The molecular formula is C27H23ClFN7O2S. The summed E-state index contributed by atoms with van der Waals surface area (Å²) in [6.07, 6.45) is 0.335. The molecule has 198 valence electrons. The first-order valence-electron chi connectivity index (χ1n) is 11.8. The van der Waals surface area contributed by atoms with Gasteiger partial charge in [-0.1, -0.05) is 59.6 Å². The average molecular weight is 564 g/mol. The number of nitrogen functional groups attached to an aromatic ring is 1. The second-order valence-corrected chi connectivity index (χ2v) is 10.0. The van der Waals surface area contributed by atoms with Gasteiger partial charge in [0.25, 0.3) is 5.91 Å². The predicted octanol–water partition coefficient (Wildman–Crippen LogP) is 3.60. The van der Waals surface area contributed by atoms with Crippen LogP contribution in [0.1, 0.15) is 17.0 Å². The topological polar surface area (TPSA) is 112 Å². The minimum absolute atomic E-state index is 0.323. The van der Waals surface area contributed by atoms with Crippen LogP contribution in [0.3, 0.4) is 0 Å². The highest BCUT2D eigenvalue weighted by atomic mass is 35.5. The van der Waals surface area contributed by atoms with Crippen LogP contribution >= 0.6 is 22.9 Å². The monoisotopic (exact) mass is 563 g/mol. The number of aromatic nitrogens is 4. The molecule has 39 heavy (non-hydrogen) atoms. The van der Waals surface area contributed by atoms with Crippen molar-refractivity contribution in [3.63, 3.8) is 0 Å². The zero-order valence-corrected chi connectivity index (χ0v) is 22.3. The number of nitrogens with two attached hydrogens (primary N) is 1. The van der Waals surface area contributed by atoms with Crippen LogP contribution in [0.15, 0.2) is 88.1 Å². The molecule has 3 aromatic carbocycles. The first-order chi connectivity index (χ1) is 18.8. The highest BCUT2D eigenvalue weighted by molar-refractivity contribution is 7.07. The Bertz CT molecular complexity index is 1770. The van der Waals surface area contributed by atoms with Crippen LogP contribution in [0.4, 0.5) is 4.39 Å². The molecule has 0 unspecified atom stereocenters. The van der Waals surface area contributed by atoms with E-state index < -0.39 is 17.4 Å². The van der Waals surface area contributed by atoms with Gasteiger partial charge in [-0.3, -0.25) is 9.36 Å². The van der Waals surface area contributed by atoms with Crippen molar-refractivity contribution in [2.24, 2.45) is 5.10 Å². The Balaban J connectivity index is 1.40. The molecule has 2 aromatic heterocycles. The molecular weight excluding hydrogens is 541 g/mol. The zero-order chi connectivity index (χ0) is 27.5. The summed E-state index contributed by atoms with van der Waals surface area (Å²) in [6, 6.07) is 21.0. The van der Waals surface area contributed by atoms with Gasteiger partial charge in [0.2, 0.25) is 4.80 Å². The van der Waals surface area contributed by atoms with Crippen molar-refractivity contribution in [2.45, 2.75) is 19.9 Å². The molecule has 9 nitrogen and oxygen atoms in total. The second-order valence-electron chi connectivity index (χ2n) is 8.76. The second kappa shape index (κ2) is 11.1. The normalized spacial score (nSPS) is 11.6. The zero-order valence-electron chi connectivity index (χ0n) is 20.7. The first kappa shape index (κ1) is 26.1. The van der Waals surface area contributed by atoms with E-state index in [1.165, 1.54) is 23.5 Å². The predicted molar refractivity (Wildman–Crippen MR) is 148 cm³/mol. The van der Waals surface area contributed by atoms with Crippen molar-refractivity contribution < 1.29 is 9.18 Å². The molecule has 0 aliphatic carbocycles. The van der Waals surface area contributed by atoms with Crippen LogP contribution in [-0.2, 0) is 17.8 Å². The Morgan fingerprint density at radius 2 is 1.87 bits per heavy atom. The third-order valence-electron chi connectivity index (χ3n) is 5.91. The van der Waals surface area contributed by atoms with Crippen LogP contribution in [0.25, 0.3) is 16.9 Å². The lowest BCUT2D eigenvalue weighted by atomic mass is 10.1. The Kier molecular flexibility index (Phi) is 7.44. The van der Waals surface area contributed by atoms with E-state index in [2.05, 4.69) is 15.6 Å². The van der Waals surface area contributed by atoms with E-state index >= 15 is 0 Å². The number of hydrogen-bond donors (Lipinski definition) is 2. The number of benzene rings is 3. The van der Waals surface area contributed by atoms with Gasteiger partial charge in [0.1, 0.15) is 12.4 Å². The van der Waals surface area contributed by atoms with Crippen LogP contribution < -0.4 is 21.8 Å². The lowest BCUT2D eigenvalue weighted by Crippen LogP contribution is -2.35. The number of nitrogens with zero attached hydrogens (tertiary/aromatic N) is 5. The summed E-state index contributed by atoms with van der Waals surface area (Å²) in [5.41, 5.74) is 5.97. The summed E-state index contributed by atoms with van der Waals surface area (Å²) < 4.78 is 17.7. The van der Waals surface area contributed by atoms with Gasteiger partial charge < -0.3 is 5.84 Å². The summed E-state index contributed by atoms with van der Waals surface area (Å²) in [4.78, 5) is 25.7. The van der Waals surface area contributed by atoms with Crippen molar-refractivity contribution in [2.75, 3.05) is 5.84 Å². The van der Waals surface area contributed by atoms with Crippen LogP contribution in [0.5, 0.6) is 0 Å². The molecule has 2 heterocycles. The maximum atomic E-state index is 14.1. The summed E-state index contributed by atoms with van der Waals surface area (Å²) in [6.45, 7) is 1.60. The molecule has 0 aliphatic heterocycles. The highest BCUT2D eigenvalue weighted by Gasteiger charge is 2.15. The molecule has 0 fully saturated rings. The molecule has 5 rings (SSSR count). The number of nitrogens with one attached hydrogen (secondary N) is 1. The van der Waals surface area contributed by atoms with Crippen molar-refractivity contribution in [1.82, 2.24) is 24.4 Å². The van der Waals surface area contributed by atoms with Crippen LogP contribution in [0, 0.1) is 12.7 Å². The molecule has 1 amide bonds. The van der Waals surface area contributed by atoms with Crippen molar-refractivity contribution in [3.8, 4) is 16.9 Å². The van der Waals surface area contributed by atoms with Gasteiger partial charge in [-0.2, -0.15) is 9.77 Å². The van der Waals surface area contributed by atoms with E-state index in [4.69, 9.17) is 17.4 Å². The molecule has 0 aliphatic rings. The Morgan fingerprint density at radius 3 is 2.59 bits per heavy atom. The SMILES string of the molecule is Cc1ccc(Cc2nn(CC(=O)N/N=c3/scc(-c4ccc(Cl)cc4)n3-c3cccc(F)c3)c(=O)n2N)cc1. The highest BCUT2D eigenvalue weighted by Crippen LogP contribution is 2.25. The summed E-state index contributed by atoms with van der Waals surface area (Å²) in [5.74, 6) is 5.24. The Morgan fingerprint density at radius 1 is 1.13 bits per heavy atom. The maximum absolute atomic E-state index is 14.1. The fourth-order valence-corrected chi connectivity index (χ4v) is 4.93. The molecule has 0 saturated carbocycles. The van der Waals surface area contributed by atoms with E-state index in [0.717, 1.165) is 31.7 Å². The molecule has 0 spiro atoms. The Labute approximate surface area is 231 Å². The van der Waals surface area contributed by atoms with Gasteiger partial charge in [0.15, 0.2) is 5.82 Å². The van der Waals surface area contributed by atoms with Gasteiger partial charge in [-0.25, -0.2) is 19.3 Å². The minimum atomic E-state index is -0.622. The fraction of sp³-hybridized carbons (Fsp3) is 0.111. The fourth-order valence-electron chi connectivity index (χ4n) is 3.93. The lowest BCUT2D eigenvalue weighted by Gasteiger charge is -2.09. The number of hydrogen-bond acceptors (Lipinski definition) is 6. The minimum Gasteiger partial charge on any atom is -0.333 e. The van der Waals surface area contributed by atoms with E-state index in [-0.39, 0.29) is 6.54 Å². The van der Waals surface area contributed by atoms with Crippen molar-refractivity contribution >= 4 is 28.8 Å². The first-order valence-corrected chi connectivity index (χ1v) is 13.1. The van der Waals surface area contributed by atoms with Gasteiger partial charge in [-0.05, 0) is 48.4 Å². The quantitative estimate of drug-likeness (QED) is 0.233. The summed E-state index contributed by atoms with van der Waals surface area (Å²) in [7, 11) is 0. The molecule has 0 atom stereocenters. The van der Waals surface area contributed by atoms with Gasteiger partial charge >= 0.3 is 5.69 Å². The van der Waals surface area contributed by atoms with Crippen LogP contribution in [-0.4, -0.2) is 24.9 Å². The summed E-state index contributed by atoms with van der Waals surface area (Å²) >= 11 is 7.30. The number of amides is 1. The number of thiazole rings is 1. The number of rotatable bonds is 7. The van der Waals surface area contributed by atoms with E-state index in [1.807, 2.05) is 48.7 Å². The van der Waals surface area contributed by atoms with E-state index in [1.54, 1.807) is 28.8 Å². The number of carbonyl (C=O) groups is 1. The smallest absolute Gasteiger partial charge is 0.333 e. The third kappa shape index (κ3) is 5.84. The number of aryl methyl sites for hydroxylation is 1. The Hall–Kier alpha value is -4.48.